The van der Waals surface area contributed by atoms with Gasteiger partial charge in [0.15, 0.2) is 0 Å². The molecule has 0 aromatic heterocycles. The highest BCUT2D eigenvalue weighted by atomic mass is 16.2. The minimum absolute atomic E-state index is 0.0459. The average Bonchev–Trinajstić information content (AvgIpc) is 2.37. The number of nitriles is 1. The fraction of sp³-hybridized carbons (Fsp3) is 0.875. The van der Waals surface area contributed by atoms with Gasteiger partial charge in [-0.1, -0.05) is 20.8 Å². The lowest BCUT2D eigenvalue weighted by Gasteiger charge is -2.43. The molecule has 1 aliphatic carbocycles. The van der Waals surface area contributed by atoms with Crippen LogP contribution < -0.4 is 5.32 Å². The molecule has 1 N–H and O–H groups in total. The molecule has 1 saturated carbocycles. The number of carbonyl (C=O) groups excluding carboxylic acids is 1. The van der Waals surface area contributed by atoms with Gasteiger partial charge < -0.3 is 5.32 Å². The van der Waals surface area contributed by atoms with E-state index in [1.807, 2.05) is 14.0 Å². The SMILES string of the molecule is CCNC(=O)CN(C)C1CC(C(C)(C)C)CCC1C#N. The second kappa shape index (κ2) is 7.08. The van der Waals surface area contributed by atoms with Crippen molar-refractivity contribution in [1.82, 2.24) is 10.2 Å². The summed E-state index contributed by atoms with van der Waals surface area (Å²) in [5, 5.41) is 12.2. The number of hydrogen-bond acceptors (Lipinski definition) is 3. The van der Waals surface area contributed by atoms with Gasteiger partial charge in [-0.05, 0) is 44.6 Å². The molecule has 3 atom stereocenters. The highest BCUT2D eigenvalue weighted by molar-refractivity contribution is 5.77. The molecule has 0 aliphatic heterocycles. The molecule has 1 fully saturated rings. The van der Waals surface area contributed by atoms with Gasteiger partial charge in [0.2, 0.25) is 5.91 Å². The Morgan fingerprint density at radius 2 is 2.05 bits per heavy atom. The molecule has 0 bridgehead atoms. The van der Waals surface area contributed by atoms with Crippen molar-refractivity contribution in [3.8, 4) is 6.07 Å². The van der Waals surface area contributed by atoms with Gasteiger partial charge in [-0.3, -0.25) is 9.69 Å². The monoisotopic (exact) mass is 279 g/mol. The predicted octanol–water partition coefficient (Wildman–Crippen LogP) is 2.41. The maximum atomic E-state index is 11.7. The Morgan fingerprint density at radius 3 is 2.55 bits per heavy atom. The number of nitrogens with zero attached hydrogens (tertiary/aromatic N) is 2. The van der Waals surface area contributed by atoms with Crippen molar-refractivity contribution < 1.29 is 4.79 Å². The molecule has 4 heteroatoms. The van der Waals surface area contributed by atoms with E-state index in [1.54, 1.807) is 0 Å². The molecule has 0 heterocycles. The van der Waals surface area contributed by atoms with Crippen molar-refractivity contribution in [2.45, 2.75) is 53.0 Å². The standard InChI is InChI=1S/C16H29N3O/c1-6-18-15(20)11-19(5)14-9-13(16(2,3)4)8-7-12(14)10-17/h12-14H,6-9,11H2,1-5H3,(H,18,20). The zero-order valence-corrected chi connectivity index (χ0v) is 13.6. The highest BCUT2D eigenvalue weighted by Gasteiger charge is 2.38. The van der Waals surface area contributed by atoms with Crippen LogP contribution in [0.3, 0.4) is 0 Å². The van der Waals surface area contributed by atoms with Crippen LogP contribution in [0.25, 0.3) is 0 Å². The summed E-state index contributed by atoms with van der Waals surface area (Å²) in [6, 6.07) is 2.63. The van der Waals surface area contributed by atoms with Crippen molar-refractivity contribution in [2.75, 3.05) is 20.1 Å². The summed E-state index contributed by atoms with van der Waals surface area (Å²) in [4.78, 5) is 13.8. The van der Waals surface area contributed by atoms with E-state index in [2.05, 4.69) is 37.1 Å². The Hall–Kier alpha value is -1.08. The number of nitrogens with one attached hydrogen (secondary N) is 1. The summed E-state index contributed by atoms with van der Waals surface area (Å²) < 4.78 is 0. The van der Waals surface area contributed by atoms with Crippen LogP contribution in [-0.4, -0.2) is 37.0 Å². The third-order valence-electron chi connectivity index (χ3n) is 4.54. The van der Waals surface area contributed by atoms with Crippen molar-refractivity contribution >= 4 is 5.91 Å². The van der Waals surface area contributed by atoms with Gasteiger partial charge in [0.05, 0.1) is 18.5 Å². The topological polar surface area (TPSA) is 56.1 Å². The first-order valence-corrected chi connectivity index (χ1v) is 7.66. The molecular weight excluding hydrogens is 250 g/mol. The Labute approximate surface area is 123 Å². The molecule has 4 nitrogen and oxygen atoms in total. The molecule has 114 valence electrons. The quantitative estimate of drug-likeness (QED) is 0.859. The summed E-state index contributed by atoms with van der Waals surface area (Å²) in [5.74, 6) is 0.714. The van der Waals surface area contributed by atoms with Crippen molar-refractivity contribution in [3.05, 3.63) is 0 Å². The fourth-order valence-corrected chi connectivity index (χ4v) is 3.17. The zero-order chi connectivity index (χ0) is 15.3. The molecule has 0 saturated heterocycles. The van der Waals surface area contributed by atoms with Crippen LogP contribution in [0, 0.1) is 28.6 Å². The molecule has 1 amide bonds. The first-order valence-electron chi connectivity index (χ1n) is 7.66. The number of likely N-dealkylation sites (N-methyl/N-ethyl adjacent to an activating group) is 2. The summed E-state index contributed by atoms with van der Waals surface area (Å²) in [6.07, 6.45) is 3.08. The van der Waals surface area contributed by atoms with E-state index in [4.69, 9.17) is 0 Å². The minimum Gasteiger partial charge on any atom is -0.355 e. The molecule has 1 aliphatic rings. The van der Waals surface area contributed by atoms with Gasteiger partial charge in [-0.15, -0.1) is 0 Å². The zero-order valence-electron chi connectivity index (χ0n) is 13.6. The van der Waals surface area contributed by atoms with Crippen LogP contribution >= 0.6 is 0 Å². The van der Waals surface area contributed by atoms with Gasteiger partial charge in [-0.25, -0.2) is 0 Å². The van der Waals surface area contributed by atoms with E-state index in [0.29, 0.717) is 19.0 Å². The minimum atomic E-state index is 0.0459. The maximum Gasteiger partial charge on any atom is 0.234 e. The molecule has 0 aromatic carbocycles. The van der Waals surface area contributed by atoms with E-state index in [1.165, 1.54) is 0 Å². The van der Waals surface area contributed by atoms with Crippen LogP contribution in [0.1, 0.15) is 47.0 Å². The summed E-state index contributed by atoms with van der Waals surface area (Å²) in [6.45, 7) is 9.77. The Balaban J connectivity index is 2.71. The molecule has 0 aromatic rings. The fourth-order valence-electron chi connectivity index (χ4n) is 3.17. The molecule has 3 unspecified atom stereocenters. The van der Waals surface area contributed by atoms with Crippen LogP contribution in [0.2, 0.25) is 0 Å². The van der Waals surface area contributed by atoms with Crippen LogP contribution in [-0.2, 0) is 4.79 Å². The third-order valence-corrected chi connectivity index (χ3v) is 4.54. The van der Waals surface area contributed by atoms with E-state index in [9.17, 15) is 10.1 Å². The van der Waals surface area contributed by atoms with Crippen molar-refractivity contribution in [1.29, 1.82) is 5.26 Å². The van der Waals surface area contributed by atoms with Gasteiger partial charge in [0.25, 0.3) is 0 Å². The van der Waals surface area contributed by atoms with E-state index >= 15 is 0 Å². The Bertz CT molecular complexity index is 367. The van der Waals surface area contributed by atoms with E-state index < -0.39 is 0 Å². The van der Waals surface area contributed by atoms with Gasteiger partial charge in [0, 0.05) is 12.6 Å². The number of carbonyl (C=O) groups is 1. The third kappa shape index (κ3) is 4.49. The largest absolute Gasteiger partial charge is 0.355 e. The van der Waals surface area contributed by atoms with Gasteiger partial charge in [0.1, 0.15) is 0 Å². The molecule has 20 heavy (non-hydrogen) atoms. The number of amides is 1. The second-order valence-corrected chi connectivity index (χ2v) is 7.05. The van der Waals surface area contributed by atoms with Gasteiger partial charge >= 0.3 is 0 Å². The number of rotatable bonds is 4. The molecular formula is C16H29N3O. The summed E-state index contributed by atoms with van der Waals surface area (Å²) in [5.41, 5.74) is 0.269. The van der Waals surface area contributed by atoms with Crippen molar-refractivity contribution in [3.63, 3.8) is 0 Å². The number of hydrogen-bond donors (Lipinski definition) is 1. The van der Waals surface area contributed by atoms with Crippen molar-refractivity contribution in [2.24, 2.45) is 17.3 Å². The Kier molecular flexibility index (Phi) is 6.01. The lowest BCUT2D eigenvalue weighted by atomic mass is 9.68. The van der Waals surface area contributed by atoms with E-state index in [0.717, 1.165) is 19.3 Å². The summed E-state index contributed by atoms with van der Waals surface area (Å²) in [7, 11) is 1.97. The van der Waals surface area contributed by atoms with Crippen LogP contribution in [0.15, 0.2) is 0 Å². The van der Waals surface area contributed by atoms with Gasteiger partial charge in [-0.2, -0.15) is 5.26 Å². The first kappa shape index (κ1) is 17.0. The first-order chi connectivity index (χ1) is 9.29. The lowest BCUT2D eigenvalue weighted by Crippen LogP contribution is -2.47. The van der Waals surface area contributed by atoms with Crippen LogP contribution in [0.5, 0.6) is 0 Å². The molecule has 1 rings (SSSR count). The Morgan fingerprint density at radius 1 is 1.40 bits per heavy atom. The summed E-state index contributed by atoms with van der Waals surface area (Å²) >= 11 is 0. The predicted molar refractivity (Wildman–Crippen MR) is 81.0 cm³/mol. The maximum absolute atomic E-state index is 11.7. The van der Waals surface area contributed by atoms with Crippen LogP contribution in [0.4, 0.5) is 0 Å². The highest BCUT2D eigenvalue weighted by Crippen LogP contribution is 2.41. The lowest BCUT2D eigenvalue weighted by molar-refractivity contribution is -0.122. The van der Waals surface area contributed by atoms with E-state index in [-0.39, 0.29) is 23.3 Å². The average molecular weight is 279 g/mol. The normalized spacial score (nSPS) is 27.1. The smallest absolute Gasteiger partial charge is 0.234 e. The molecule has 0 radical (unpaired) electrons. The second-order valence-electron chi connectivity index (χ2n) is 7.05. The molecule has 0 spiro atoms.